The number of aromatic nitrogens is 1. The van der Waals surface area contributed by atoms with Crippen LogP contribution in [0.5, 0.6) is 5.75 Å². The van der Waals surface area contributed by atoms with Gasteiger partial charge in [-0.3, -0.25) is 9.69 Å². The zero-order valence-corrected chi connectivity index (χ0v) is 18.3. The molecular formula is C25H27F2N3O2. The minimum atomic E-state index is -0.612. The van der Waals surface area contributed by atoms with E-state index in [9.17, 15) is 18.7 Å². The summed E-state index contributed by atoms with van der Waals surface area (Å²) < 4.78 is 30.0. The molecule has 1 aromatic heterocycles. The Morgan fingerprint density at radius 1 is 1.00 bits per heavy atom. The number of rotatable bonds is 5. The van der Waals surface area contributed by atoms with Gasteiger partial charge in [-0.25, -0.2) is 8.78 Å². The van der Waals surface area contributed by atoms with Crippen LogP contribution in [0.4, 0.5) is 14.5 Å². The highest BCUT2D eigenvalue weighted by Crippen LogP contribution is 2.34. The molecule has 32 heavy (non-hydrogen) atoms. The van der Waals surface area contributed by atoms with Crippen molar-refractivity contribution in [1.82, 2.24) is 9.47 Å². The van der Waals surface area contributed by atoms with Gasteiger partial charge in [-0.05, 0) is 49.7 Å². The summed E-state index contributed by atoms with van der Waals surface area (Å²) in [5, 5.41) is 10.8. The summed E-state index contributed by atoms with van der Waals surface area (Å²) in [5.41, 5.74) is 1.77. The van der Waals surface area contributed by atoms with Gasteiger partial charge in [0, 0.05) is 38.4 Å². The Labute approximate surface area is 186 Å². The molecule has 1 atom stereocenters. The average molecular weight is 440 g/mol. The number of pyridine rings is 1. The van der Waals surface area contributed by atoms with Crippen molar-refractivity contribution in [2.24, 2.45) is 0 Å². The molecule has 2 aromatic carbocycles. The van der Waals surface area contributed by atoms with Crippen molar-refractivity contribution >= 4 is 5.69 Å². The number of para-hydroxylation sites is 1. The number of aryl methyl sites for hydroxylation is 1. The molecule has 0 radical (unpaired) electrons. The van der Waals surface area contributed by atoms with Gasteiger partial charge in [0.1, 0.15) is 17.4 Å². The van der Waals surface area contributed by atoms with E-state index >= 15 is 0 Å². The van der Waals surface area contributed by atoms with Gasteiger partial charge in [-0.15, -0.1) is 0 Å². The molecule has 168 valence electrons. The van der Waals surface area contributed by atoms with Crippen molar-refractivity contribution in [2.45, 2.75) is 26.4 Å². The van der Waals surface area contributed by atoms with Gasteiger partial charge in [0.25, 0.3) is 5.56 Å². The predicted molar refractivity (Wildman–Crippen MR) is 121 cm³/mol. The van der Waals surface area contributed by atoms with Crippen molar-refractivity contribution in [3.8, 4) is 5.75 Å². The smallest absolute Gasteiger partial charge is 0.259 e. The van der Waals surface area contributed by atoms with Gasteiger partial charge in [-0.2, -0.15) is 0 Å². The molecular weight excluding hydrogens is 412 g/mol. The number of halogens is 2. The largest absolute Gasteiger partial charge is 0.507 e. The molecule has 3 aromatic rings. The van der Waals surface area contributed by atoms with Gasteiger partial charge in [0.2, 0.25) is 0 Å². The first-order chi connectivity index (χ1) is 15.4. The van der Waals surface area contributed by atoms with Crippen molar-refractivity contribution in [3.63, 3.8) is 0 Å². The molecule has 0 spiro atoms. The molecule has 2 heterocycles. The van der Waals surface area contributed by atoms with Crippen molar-refractivity contribution in [3.05, 3.63) is 93.4 Å². The highest BCUT2D eigenvalue weighted by atomic mass is 19.1. The summed E-state index contributed by atoms with van der Waals surface area (Å²) in [4.78, 5) is 17.4. The summed E-state index contributed by atoms with van der Waals surface area (Å²) in [6.07, 6.45) is 0. The summed E-state index contributed by atoms with van der Waals surface area (Å²) in [6.45, 7) is 6.25. The third-order valence-electron chi connectivity index (χ3n) is 6.15. The molecule has 0 amide bonds. The Bertz CT molecular complexity index is 1170. The zero-order valence-electron chi connectivity index (χ0n) is 18.3. The van der Waals surface area contributed by atoms with E-state index < -0.39 is 11.9 Å². The van der Waals surface area contributed by atoms with Gasteiger partial charge in [0.05, 0.1) is 17.3 Å². The van der Waals surface area contributed by atoms with Crippen LogP contribution in [-0.4, -0.2) is 40.8 Å². The monoisotopic (exact) mass is 439 g/mol. The molecule has 0 aliphatic carbocycles. The fraction of sp³-hybridized carbons (Fsp3) is 0.320. The zero-order chi connectivity index (χ0) is 22.8. The molecule has 5 nitrogen and oxygen atoms in total. The SMILES string of the molecule is CCn1c(C)cc(O)c([C@H](c2cccc(F)c2)N2CCN(c3ccccc3F)CC2)c1=O. The van der Waals surface area contributed by atoms with E-state index in [1.807, 2.05) is 11.8 Å². The molecule has 1 aliphatic heterocycles. The van der Waals surface area contributed by atoms with E-state index in [1.54, 1.807) is 47.9 Å². The highest BCUT2D eigenvalue weighted by molar-refractivity contribution is 5.48. The van der Waals surface area contributed by atoms with Gasteiger partial charge in [0.15, 0.2) is 0 Å². The molecule has 0 bridgehead atoms. The number of nitrogens with zero attached hydrogens (tertiary/aromatic N) is 3. The number of hydrogen-bond acceptors (Lipinski definition) is 4. The first kappa shape index (κ1) is 22.0. The fourth-order valence-corrected chi connectivity index (χ4v) is 4.58. The Hall–Kier alpha value is -3.19. The lowest BCUT2D eigenvalue weighted by atomic mass is 9.95. The number of piperazine rings is 1. The van der Waals surface area contributed by atoms with E-state index in [0.29, 0.717) is 49.7 Å². The second-order valence-corrected chi connectivity index (χ2v) is 8.07. The summed E-state index contributed by atoms with van der Waals surface area (Å²) in [5.74, 6) is -0.771. The predicted octanol–water partition coefficient (Wildman–Crippen LogP) is 4.07. The summed E-state index contributed by atoms with van der Waals surface area (Å²) in [6, 6.07) is 13.8. The Kier molecular flexibility index (Phi) is 6.28. The van der Waals surface area contributed by atoms with Crippen LogP contribution >= 0.6 is 0 Å². The maximum absolute atomic E-state index is 14.3. The number of anilines is 1. The Morgan fingerprint density at radius 3 is 2.38 bits per heavy atom. The highest BCUT2D eigenvalue weighted by Gasteiger charge is 2.32. The van der Waals surface area contributed by atoms with Crippen LogP contribution in [-0.2, 0) is 6.54 Å². The van der Waals surface area contributed by atoms with Crippen LogP contribution in [0, 0.1) is 18.6 Å². The molecule has 7 heteroatoms. The normalized spacial score (nSPS) is 15.7. The third kappa shape index (κ3) is 4.12. The van der Waals surface area contributed by atoms with Crippen LogP contribution in [0.2, 0.25) is 0 Å². The fourth-order valence-electron chi connectivity index (χ4n) is 4.58. The molecule has 4 rings (SSSR count). The molecule has 1 saturated heterocycles. The quantitative estimate of drug-likeness (QED) is 0.651. The van der Waals surface area contributed by atoms with E-state index in [4.69, 9.17) is 0 Å². The Balaban J connectivity index is 1.73. The lowest BCUT2D eigenvalue weighted by molar-refractivity contribution is 0.206. The maximum atomic E-state index is 14.3. The maximum Gasteiger partial charge on any atom is 0.259 e. The Morgan fingerprint density at radius 2 is 1.72 bits per heavy atom. The topological polar surface area (TPSA) is 48.7 Å². The lowest BCUT2D eigenvalue weighted by Gasteiger charge is -2.40. The van der Waals surface area contributed by atoms with Crippen molar-refractivity contribution < 1.29 is 13.9 Å². The minimum absolute atomic E-state index is 0.0944. The number of hydrogen-bond donors (Lipinski definition) is 1. The first-order valence-electron chi connectivity index (χ1n) is 10.8. The minimum Gasteiger partial charge on any atom is -0.507 e. The lowest BCUT2D eigenvalue weighted by Crippen LogP contribution is -2.49. The molecule has 0 unspecified atom stereocenters. The van der Waals surface area contributed by atoms with Gasteiger partial charge >= 0.3 is 0 Å². The van der Waals surface area contributed by atoms with Crippen LogP contribution in [0.1, 0.15) is 29.8 Å². The second-order valence-electron chi connectivity index (χ2n) is 8.07. The molecule has 1 aliphatic rings. The third-order valence-corrected chi connectivity index (χ3v) is 6.15. The first-order valence-corrected chi connectivity index (χ1v) is 10.8. The van der Waals surface area contributed by atoms with E-state index in [1.165, 1.54) is 18.2 Å². The van der Waals surface area contributed by atoms with Crippen LogP contribution in [0.25, 0.3) is 0 Å². The van der Waals surface area contributed by atoms with Crippen molar-refractivity contribution in [2.75, 3.05) is 31.1 Å². The standard InChI is InChI=1S/C25H27F2N3O2/c1-3-30-17(2)15-22(31)23(25(30)32)24(18-7-6-8-19(26)16-18)29-13-11-28(12-14-29)21-10-5-4-9-20(21)27/h4-10,15-16,24,31H,3,11-14H2,1-2H3/t24-/m0/s1. The van der Waals surface area contributed by atoms with Gasteiger partial charge in [-0.1, -0.05) is 24.3 Å². The van der Waals surface area contributed by atoms with Gasteiger partial charge < -0.3 is 14.6 Å². The molecule has 0 saturated carbocycles. The second kappa shape index (κ2) is 9.12. The van der Waals surface area contributed by atoms with Crippen LogP contribution in [0.15, 0.2) is 59.4 Å². The molecule has 1 fully saturated rings. The summed E-state index contributed by atoms with van der Waals surface area (Å²) in [7, 11) is 0. The molecule has 1 N–H and O–H groups in total. The van der Waals surface area contributed by atoms with E-state index in [0.717, 1.165) is 0 Å². The van der Waals surface area contributed by atoms with Crippen LogP contribution in [0.3, 0.4) is 0 Å². The van der Waals surface area contributed by atoms with E-state index in [2.05, 4.69) is 4.90 Å². The summed E-state index contributed by atoms with van der Waals surface area (Å²) >= 11 is 0. The van der Waals surface area contributed by atoms with Crippen LogP contribution < -0.4 is 10.5 Å². The average Bonchev–Trinajstić information content (AvgIpc) is 2.77. The van der Waals surface area contributed by atoms with Crippen molar-refractivity contribution in [1.29, 1.82) is 0 Å². The van der Waals surface area contributed by atoms with E-state index in [-0.39, 0.29) is 22.7 Å². The number of benzene rings is 2. The number of aromatic hydroxyl groups is 1.